The molecular formula is C23H32O2. The van der Waals surface area contributed by atoms with Crippen LogP contribution in [0.25, 0.3) is 0 Å². The molecule has 3 atom stereocenters. The minimum atomic E-state index is 0.0646. The molecule has 0 N–H and O–H groups in total. The standard InChI is InChI=1S/C23H32O2/c1-16-13-17(2)15-19(14-16)22(24)11-6-12-23(25)21-10-5-8-18-7-3-4-9-20(18)21/h3-4,7,9,16-17,19,21H,5-6,8,10-15H2,1-2H3. The molecule has 3 unspecified atom stereocenters. The van der Waals surface area contributed by atoms with Gasteiger partial charge >= 0.3 is 0 Å². The molecule has 0 aliphatic heterocycles. The molecule has 0 saturated heterocycles. The van der Waals surface area contributed by atoms with E-state index in [0.717, 1.165) is 38.5 Å². The lowest BCUT2D eigenvalue weighted by Crippen LogP contribution is -2.26. The first-order valence-electron chi connectivity index (χ1n) is 10.2. The summed E-state index contributed by atoms with van der Waals surface area (Å²) in [5.41, 5.74) is 2.58. The summed E-state index contributed by atoms with van der Waals surface area (Å²) in [6.45, 7) is 4.53. The van der Waals surface area contributed by atoms with Crippen LogP contribution in [0.5, 0.6) is 0 Å². The SMILES string of the molecule is CC1CC(C)CC(C(=O)CCCC(=O)C2CCCc3ccccc32)C1. The Labute approximate surface area is 152 Å². The lowest BCUT2D eigenvalue weighted by atomic mass is 9.74. The van der Waals surface area contributed by atoms with Gasteiger partial charge in [-0.3, -0.25) is 9.59 Å². The van der Waals surface area contributed by atoms with E-state index in [1.54, 1.807) is 0 Å². The molecule has 2 nitrogen and oxygen atoms in total. The van der Waals surface area contributed by atoms with Crippen molar-refractivity contribution in [2.45, 2.75) is 77.6 Å². The molecule has 0 heterocycles. The highest BCUT2D eigenvalue weighted by Gasteiger charge is 2.29. The fourth-order valence-corrected chi connectivity index (χ4v) is 5.11. The lowest BCUT2D eigenvalue weighted by molar-refractivity contribution is -0.125. The quantitative estimate of drug-likeness (QED) is 0.686. The molecule has 136 valence electrons. The zero-order chi connectivity index (χ0) is 17.8. The van der Waals surface area contributed by atoms with Crippen molar-refractivity contribution in [3.8, 4) is 0 Å². The Kier molecular flexibility index (Phi) is 6.09. The van der Waals surface area contributed by atoms with E-state index in [0.29, 0.717) is 36.2 Å². The van der Waals surface area contributed by atoms with Crippen LogP contribution in [0.2, 0.25) is 0 Å². The van der Waals surface area contributed by atoms with E-state index in [-0.39, 0.29) is 11.8 Å². The maximum Gasteiger partial charge on any atom is 0.140 e. The van der Waals surface area contributed by atoms with Crippen LogP contribution in [0.1, 0.15) is 82.3 Å². The van der Waals surface area contributed by atoms with E-state index in [2.05, 4.69) is 32.0 Å². The molecule has 1 aromatic rings. The van der Waals surface area contributed by atoms with E-state index < -0.39 is 0 Å². The minimum Gasteiger partial charge on any atom is -0.299 e. The predicted octanol–water partition coefficient (Wildman–Crippen LogP) is 5.49. The van der Waals surface area contributed by atoms with Crippen molar-refractivity contribution in [1.29, 1.82) is 0 Å². The molecule has 0 radical (unpaired) electrons. The van der Waals surface area contributed by atoms with Crippen LogP contribution in [-0.4, -0.2) is 11.6 Å². The van der Waals surface area contributed by atoms with Crippen molar-refractivity contribution in [1.82, 2.24) is 0 Å². The number of ketones is 2. The van der Waals surface area contributed by atoms with Gasteiger partial charge in [0.05, 0.1) is 0 Å². The second-order valence-corrected chi connectivity index (χ2v) is 8.54. The molecule has 0 spiro atoms. The number of benzene rings is 1. The zero-order valence-electron chi connectivity index (χ0n) is 15.8. The number of aryl methyl sites for hydroxylation is 1. The van der Waals surface area contributed by atoms with Gasteiger partial charge in [0.2, 0.25) is 0 Å². The summed E-state index contributed by atoms with van der Waals surface area (Å²) in [6, 6.07) is 8.38. The van der Waals surface area contributed by atoms with Crippen LogP contribution in [0.4, 0.5) is 0 Å². The van der Waals surface area contributed by atoms with Gasteiger partial charge in [0, 0.05) is 24.7 Å². The van der Waals surface area contributed by atoms with Gasteiger partial charge in [0.15, 0.2) is 0 Å². The van der Waals surface area contributed by atoms with E-state index in [9.17, 15) is 9.59 Å². The van der Waals surface area contributed by atoms with Crippen molar-refractivity contribution >= 4 is 11.6 Å². The van der Waals surface area contributed by atoms with Crippen molar-refractivity contribution < 1.29 is 9.59 Å². The largest absolute Gasteiger partial charge is 0.299 e. The minimum absolute atomic E-state index is 0.0646. The number of rotatable bonds is 6. The summed E-state index contributed by atoms with van der Waals surface area (Å²) in [5, 5.41) is 0. The Morgan fingerprint density at radius 3 is 2.40 bits per heavy atom. The van der Waals surface area contributed by atoms with Gasteiger partial charge < -0.3 is 0 Å². The van der Waals surface area contributed by atoms with Crippen molar-refractivity contribution in [3.63, 3.8) is 0 Å². The first-order chi connectivity index (χ1) is 12.0. The first kappa shape index (κ1) is 18.4. The normalized spacial score (nSPS) is 29.0. The third kappa shape index (κ3) is 4.59. The number of carbonyl (C=O) groups is 2. The van der Waals surface area contributed by atoms with Gasteiger partial charge in [-0.25, -0.2) is 0 Å². The Bertz CT molecular complexity index is 608. The van der Waals surface area contributed by atoms with Gasteiger partial charge in [-0.05, 0) is 67.9 Å². The third-order valence-electron chi connectivity index (χ3n) is 6.24. The highest BCUT2D eigenvalue weighted by molar-refractivity contribution is 5.87. The number of Topliss-reactive ketones (excluding diaryl/α,β-unsaturated/α-hetero) is 2. The molecule has 25 heavy (non-hydrogen) atoms. The fraction of sp³-hybridized carbons (Fsp3) is 0.652. The molecular weight excluding hydrogens is 308 g/mol. The highest BCUT2D eigenvalue weighted by Crippen LogP contribution is 2.35. The monoisotopic (exact) mass is 340 g/mol. The van der Waals surface area contributed by atoms with Crippen molar-refractivity contribution in [2.75, 3.05) is 0 Å². The first-order valence-corrected chi connectivity index (χ1v) is 10.2. The topological polar surface area (TPSA) is 34.1 Å². The van der Waals surface area contributed by atoms with Crippen LogP contribution in [0.3, 0.4) is 0 Å². The van der Waals surface area contributed by atoms with Crippen molar-refractivity contribution in [3.05, 3.63) is 35.4 Å². The molecule has 2 aliphatic rings. The number of fused-ring (bicyclic) bond motifs is 1. The molecule has 2 heteroatoms. The number of hydrogen-bond donors (Lipinski definition) is 0. The molecule has 0 aromatic heterocycles. The molecule has 1 aromatic carbocycles. The summed E-state index contributed by atoms with van der Waals surface area (Å²) in [7, 11) is 0. The fourth-order valence-electron chi connectivity index (χ4n) is 5.11. The van der Waals surface area contributed by atoms with Crippen LogP contribution in [-0.2, 0) is 16.0 Å². The van der Waals surface area contributed by atoms with Crippen molar-refractivity contribution in [2.24, 2.45) is 17.8 Å². The van der Waals surface area contributed by atoms with Crippen LogP contribution >= 0.6 is 0 Å². The van der Waals surface area contributed by atoms with Gasteiger partial charge in [0.1, 0.15) is 11.6 Å². The van der Waals surface area contributed by atoms with E-state index in [4.69, 9.17) is 0 Å². The van der Waals surface area contributed by atoms with Gasteiger partial charge in [-0.1, -0.05) is 38.1 Å². The average molecular weight is 341 g/mol. The lowest BCUT2D eigenvalue weighted by Gasteiger charge is -2.30. The van der Waals surface area contributed by atoms with Gasteiger partial charge in [-0.15, -0.1) is 0 Å². The number of hydrogen-bond acceptors (Lipinski definition) is 2. The zero-order valence-corrected chi connectivity index (χ0v) is 15.8. The average Bonchev–Trinajstić information content (AvgIpc) is 2.60. The van der Waals surface area contributed by atoms with Crippen LogP contribution in [0, 0.1) is 17.8 Å². The summed E-state index contributed by atoms with van der Waals surface area (Å²) in [6.07, 6.45) is 8.40. The van der Waals surface area contributed by atoms with Gasteiger partial charge in [0.25, 0.3) is 0 Å². The second kappa shape index (κ2) is 8.29. The van der Waals surface area contributed by atoms with E-state index >= 15 is 0 Å². The molecule has 0 amide bonds. The van der Waals surface area contributed by atoms with E-state index in [1.807, 2.05) is 6.07 Å². The molecule has 1 saturated carbocycles. The Morgan fingerprint density at radius 2 is 1.64 bits per heavy atom. The predicted molar refractivity (Wildman–Crippen MR) is 102 cm³/mol. The Morgan fingerprint density at radius 1 is 0.960 bits per heavy atom. The molecule has 2 aliphatic carbocycles. The van der Waals surface area contributed by atoms with Gasteiger partial charge in [-0.2, -0.15) is 0 Å². The Balaban J connectivity index is 1.49. The summed E-state index contributed by atoms with van der Waals surface area (Å²) in [5.74, 6) is 2.37. The maximum absolute atomic E-state index is 12.7. The number of carbonyl (C=O) groups excluding carboxylic acids is 2. The van der Waals surface area contributed by atoms with Crippen LogP contribution in [0.15, 0.2) is 24.3 Å². The molecule has 3 rings (SSSR count). The Hall–Kier alpha value is -1.44. The molecule has 1 fully saturated rings. The third-order valence-corrected chi connectivity index (χ3v) is 6.24. The maximum atomic E-state index is 12.7. The second-order valence-electron chi connectivity index (χ2n) is 8.54. The summed E-state index contributed by atoms with van der Waals surface area (Å²) < 4.78 is 0. The summed E-state index contributed by atoms with van der Waals surface area (Å²) in [4.78, 5) is 25.2. The molecule has 0 bridgehead atoms. The van der Waals surface area contributed by atoms with E-state index in [1.165, 1.54) is 17.5 Å². The summed E-state index contributed by atoms with van der Waals surface area (Å²) >= 11 is 0. The van der Waals surface area contributed by atoms with Crippen LogP contribution < -0.4 is 0 Å². The smallest absolute Gasteiger partial charge is 0.140 e. The highest BCUT2D eigenvalue weighted by atomic mass is 16.1.